The zero-order chi connectivity index (χ0) is 14.2. The molecule has 0 aliphatic carbocycles. The fraction of sp³-hybridized carbons (Fsp3) is 0.286. The number of nitrogens with zero attached hydrogens (tertiary/aromatic N) is 2. The number of hydrogen-bond donors (Lipinski definition) is 1. The Balaban J connectivity index is 2.59. The van der Waals surface area contributed by atoms with Crippen molar-refractivity contribution in [3.05, 3.63) is 40.9 Å². The number of anilines is 1. The molecule has 1 heterocycles. The highest BCUT2D eigenvalue weighted by Gasteiger charge is 2.19. The van der Waals surface area contributed by atoms with Crippen LogP contribution < -0.4 is 5.73 Å². The Labute approximate surface area is 116 Å². The van der Waals surface area contributed by atoms with Crippen molar-refractivity contribution in [3.8, 4) is 11.3 Å². The van der Waals surface area contributed by atoms with Gasteiger partial charge in [-0.15, -0.1) is 0 Å². The number of rotatable bonds is 1. The largest absolute Gasteiger partial charge is 0.384 e. The molecule has 0 saturated heterocycles. The van der Waals surface area contributed by atoms with Crippen LogP contribution in [0.4, 0.5) is 10.2 Å². The third-order valence-electron chi connectivity index (χ3n) is 2.62. The lowest BCUT2D eigenvalue weighted by molar-refractivity contribution is 0.547. The highest BCUT2D eigenvalue weighted by Crippen LogP contribution is 2.29. The molecule has 0 aliphatic rings. The molecule has 5 heteroatoms. The molecule has 0 spiro atoms. The van der Waals surface area contributed by atoms with Crippen molar-refractivity contribution in [3.63, 3.8) is 0 Å². The quantitative estimate of drug-likeness (QED) is 0.863. The van der Waals surface area contributed by atoms with E-state index in [1.54, 1.807) is 12.1 Å². The molecule has 0 bridgehead atoms. The van der Waals surface area contributed by atoms with Gasteiger partial charge in [-0.2, -0.15) is 0 Å². The molecule has 3 nitrogen and oxygen atoms in total. The van der Waals surface area contributed by atoms with E-state index in [1.165, 1.54) is 12.1 Å². The molecular formula is C14H15ClFN3. The molecule has 0 radical (unpaired) electrons. The standard InChI is InChI=1S/C14H15ClFN3/c1-14(2,3)13-18-11(7-12(17)19-13)9-5-4-8(16)6-10(9)15/h4-7H,1-3H3,(H2,17,18,19). The zero-order valence-corrected chi connectivity index (χ0v) is 11.8. The average Bonchev–Trinajstić information content (AvgIpc) is 2.26. The summed E-state index contributed by atoms with van der Waals surface area (Å²) in [5.41, 5.74) is 6.82. The number of benzene rings is 1. The number of halogens is 2. The van der Waals surface area contributed by atoms with Crippen LogP contribution >= 0.6 is 11.6 Å². The van der Waals surface area contributed by atoms with E-state index in [0.29, 0.717) is 27.9 Å². The van der Waals surface area contributed by atoms with Gasteiger partial charge in [0.2, 0.25) is 0 Å². The Kier molecular flexibility index (Phi) is 3.45. The number of nitrogen functional groups attached to an aromatic ring is 1. The molecule has 0 unspecified atom stereocenters. The second-order valence-electron chi connectivity index (χ2n) is 5.38. The first-order valence-corrected chi connectivity index (χ1v) is 6.25. The first kappa shape index (κ1) is 13.7. The predicted molar refractivity (Wildman–Crippen MR) is 75.5 cm³/mol. The van der Waals surface area contributed by atoms with Gasteiger partial charge in [0.15, 0.2) is 0 Å². The Hall–Kier alpha value is -1.68. The summed E-state index contributed by atoms with van der Waals surface area (Å²) in [6.07, 6.45) is 0. The average molecular weight is 280 g/mol. The predicted octanol–water partition coefficient (Wildman–Crippen LogP) is 3.82. The summed E-state index contributed by atoms with van der Waals surface area (Å²) in [5.74, 6) is 0.616. The van der Waals surface area contributed by atoms with Gasteiger partial charge in [-0.3, -0.25) is 0 Å². The topological polar surface area (TPSA) is 51.8 Å². The van der Waals surface area contributed by atoms with Gasteiger partial charge in [0.25, 0.3) is 0 Å². The Bertz CT molecular complexity index is 621. The molecule has 19 heavy (non-hydrogen) atoms. The summed E-state index contributed by atoms with van der Waals surface area (Å²) in [7, 11) is 0. The normalized spacial score (nSPS) is 11.6. The van der Waals surface area contributed by atoms with Gasteiger partial charge in [-0.1, -0.05) is 32.4 Å². The molecule has 2 aromatic rings. The van der Waals surface area contributed by atoms with Crippen LogP contribution in [0.25, 0.3) is 11.3 Å². The summed E-state index contributed by atoms with van der Waals surface area (Å²) in [6, 6.07) is 5.82. The van der Waals surface area contributed by atoms with Crippen LogP contribution in [-0.4, -0.2) is 9.97 Å². The first-order chi connectivity index (χ1) is 8.77. The number of hydrogen-bond acceptors (Lipinski definition) is 3. The monoisotopic (exact) mass is 279 g/mol. The molecule has 0 atom stereocenters. The van der Waals surface area contributed by atoms with E-state index in [9.17, 15) is 4.39 Å². The van der Waals surface area contributed by atoms with Crippen molar-refractivity contribution in [2.45, 2.75) is 26.2 Å². The number of aromatic nitrogens is 2. The van der Waals surface area contributed by atoms with Gasteiger partial charge >= 0.3 is 0 Å². The molecule has 0 aliphatic heterocycles. The second-order valence-corrected chi connectivity index (χ2v) is 5.78. The molecule has 0 amide bonds. The molecule has 2 N–H and O–H groups in total. The summed E-state index contributed by atoms with van der Waals surface area (Å²) >= 11 is 6.04. The third-order valence-corrected chi connectivity index (χ3v) is 2.94. The summed E-state index contributed by atoms with van der Waals surface area (Å²) < 4.78 is 13.1. The van der Waals surface area contributed by atoms with Gasteiger partial charge in [0.1, 0.15) is 17.5 Å². The molecular weight excluding hydrogens is 265 g/mol. The minimum Gasteiger partial charge on any atom is -0.384 e. The fourth-order valence-electron chi connectivity index (χ4n) is 1.64. The van der Waals surface area contributed by atoms with E-state index in [-0.39, 0.29) is 11.2 Å². The smallest absolute Gasteiger partial charge is 0.136 e. The van der Waals surface area contributed by atoms with Crippen LogP contribution in [0.2, 0.25) is 5.02 Å². The van der Waals surface area contributed by atoms with Gasteiger partial charge < -0.3 is 5.73 Å². The highest BCUT2D eigenvalue weighted by molar-refractivity contribution is 6.33. The third kappa shape index (κ3) is 3.01. The minimum absolute atomic E-state index is 0.226. The maximum atomic E-state index is 13.1. The van der Waals surface area contributed by atoms with Crippen LogP contribution in [0.15, 0.2) is 24.3 Å². The molecule has 0 saturated carbocycles. The lowest BCUT2D eigenvalue weighted by Gasteiger charge is -2.18. The molecule has 2 rings (SSSR count). The van der Waals surface area contributed by atoms with E-state index < -0.39 is 0 Å². The highest BCUT2D eigenvalue weighted by atomic mass is 35.5. The van der Waals surface area contributed by atoms with Gasteiger partial charge in [0, 0.05) is 17.0 Å². The summed E-state index contributed by atoms with van der Waals surface area (Å²) in [4.78, 5) is 8.69. The van der Waals surface area contributed by atoms with E-state index >= 15 is 0 Å². The maximum absolute atomic E-state index is 13.1. The van der Waals surface area contributed by atoms with E-state index in [0.717, 1.165) is 0 Å². The fourth-order valence-corrected chi connectivity index (χ4v) is 1.90. The van der Waals surface area contributed by atoms with Gasteiger partial charge in [0.05, 0.1) is 10.7 Å². The summed E-state index contributed by atoms with van der Waals surface area (Å²) in [5, 5.41) is 0.304. The van der Waals surface area contributed by atoms with Crippen LogP contribution in [0.5, 0.6) is 0 Å². The number of nitrogens with two attached hydrogens (primary N) is 1. The van der Waals surface area contributed by atoms with Crippen molar-refractivity contribution < 1.29 is 4.39 Å². The molecule has 1 aromatic carbocycles. The first-order valence-electron chi connectivity index (χ1n) is 5.88. The van der Waals surface area contributed by atoms with Crippen LogP contribution in [0, 0.1) is 5.82 Å². The van der Waals surface area contributed by atoms with E-state index in [2.05, 4.69) is 9.97 Å². The Morgan fingerprint density at radius 2 is 1.84 bits per heavy atom. The van der Waals surface area contributed by atoms with Gasteiger partial charge in [-0.05, 0) is 18.2 Å². The zero-order valence-electron chi connectivity index (χ0n) is 11.0. The maximum Gasteiger partial charge on any atom is 0.136 e. The van der Waals surface area contributed by atoms with Crippen molar-refractivity contribution in [2.75, 3.05) is 5.73 Å². The molecule has 100 valence electrons. The minimum atomic E-state index is -0.383. The lowest BCUT2D eigenvalue weighted by atomic mass is 9.95. The van der Waals surface area contributed by atoms with E-state index in [1.807, 2.05) is 20.8 Å². The van der Waals surface area contributed by atoms with Crippen molar-refractivity contribution in [1.82, 2.24) is 9.97 Å². The van der Waals surface area contributed by atoms with E-state index in [4.69, 9.17) is 17.3 Å². The van der Waals surface area contributed by atoms with Crippen molar-refractivity contribution in [1.29, 1.82) is 0 Å². The van der Waals surface area contributed by atoms with Crippen LogP contribution in [-0.2, 0) is 5.41 Å². The Morgan fingerprint density at radius 1 is 1.16 bits per heavy atom. The van der Waals surface area contributed by atoms with Crippen molar-refractivity contribution >= 4 is 17.4 Å². The van der Waals surface area contributed by atoms with Crippen LogP contribution in [0.3, 0.4) is 0 Å². The van der Waals surface area contributed by atoms with Gasteiger partial charge in [-0.25, -0.2) is 14.4 Å². The van der Waals surface area contributed by atoms with Crippen LogP contribution in [0.1, 0.15) is 26.6 Å². The van der Waals surface area contributed by atoms with Crippen molar-refractivity contribution in [2.24, 2.45) is 0 Å². The second kappa shape index (κ2) is 4.78. The Morgan fingerprint density at radius 3 is 2.42 bits per heavy atom. The molecule has 0 fully saturated rings. The molecule has 1 aromatic heterocycles. The lowest BCUT2D eigenvalue weighted by Crippen LogP contribution is -2.17. The SMILES string of the molecule is CC(C)(C)c1nc(N)cc(-c2ccc(F)cc2Cl)n1. The summed E-state index contributed by atoms with van der Waals surface area (Å²) in [6.45, 7) is 5.99.